The molecule has 0 aliphatic carbocycles. The van der Waals surface area contributed by atoms with E-state index in [1.165, 1.54) is 11.3 Å². The minimum absolute atomic E-state index is 0.386. The molecule has 0 bridgehead atoms. The van der Waals surface area contributed by atoms with Gasteiger partial charge < -0.3 is 9.15 Å². The maximum atomic E-state index is 12.4. The molecule has 0 aliphatic heterocycles. The lowest BCUT2D eigenvalue weighted by Gasteiger charge is -2.06. The molecule has 0 spiro atoms. The van der Waals surface area contributed by atoms with Crippen LogP contribution in [0.5, 0.6) is 5.75 Å². The summed E-state index contributed by atoms with van der Waals surface area (Å²) in [5.74, 6) is 0.656. The number of halogens is 2. The van der Waals surface area contributed by atoms with E-state index in [2.05, 4.69) is 4.98 Å². The number of benzene rings is 2. The highest BCUT2D eigenvalue weighted by Gasteiger charge is 2.15. The van der Waals surface area contributed by atoms with Gasteiger partial charge in [0.15, 0.2) is 0 Å². The van der Waals surface area contributed by atoms with Gasteiger partial charge in [0.05, 0.1) is 18.4 Å². The van der Waals surface area contributed by atoms with Gasteiger partial charge in [0.1, 0.15) is 16.3 Å². The van der Waals surface area contributed by atoms with E-state index in [4.69, 9.17) is 32.4 Å². The van der Waals surface area contributed by atoms with Gasteiger partial charge in [-0.2, -0.15) is 0 Å². The first kappa shape index (κ1) is 17.1. The van der Waals surface area contributed by atoms with Crippen LogP contribution < -0.4 is 10.4 Å². The SMILES string of the molecule is COc1ccc(Cl)cc1-c1csc(-c2cc3cc(Cl)ccc3oc2=O)n1. The second-order valence-corrected chi connectivity index (χ2v) is 7.24. The molecule has 0 saturated carbocycles. The molecule has 2 aromatic heterocycles. The Kier molecular flexibility index (Phi) is 4.44. The highest BCUT2D eigenvalue weighted by molar-refractivity contribution is 7.13. The lowest BCUT2D eigenvalue weighted by molar-refractivity contribution is 0.416. The lowest BCUT2D eigenvalue weighted by atomic mass is 10.1. The van der Waals surface area contributed by atoms with Crippen molar-refractivity contribution in [2.45, 2.75) is 0 Å². The molecule has 130 valence electrons. The van der Waals surface area contributed by atoms with Crippen LogP contribution in [-0.2, 0) is 0 Å². The standard InChI is InChI=1S/C19H11Cl2NO3S/c1-24-17-5-3-12(21)8-13(17)15-9-26-18(22-15)14-7-10-6-11(20)2-4-16(10)25-19(14)23/h2-9H,1H3. The maximum Gasteiger partial charge on any atom is 0.346 e. The molecule has 0 amide bonds. The third kappa shape index (κ3) is 3.09. The van der Waals surface area contributed by atoms with E-state index in [-0.39, 0.29) is 0 Å². The highest BCUT2D eigenvalue weighted by Crippen LogP contribution is 2.35. The van der Waals surface area contributed by atoms with Crippen LogP contribution in [0.1, 0.15) is 0 Å². The zero-order chi connectivity index (χ0) is 18.3. The zero-order valence-electron chi connectivity index (χ0n) is 13.5. The van der Waals surface area contributed by atoms with Gasteiger partial charge in [-0.1, -0.05) is 23.2 Å². The second kappa shape index (κ2) is 6.76. The van der Waals surface area contributed by atoms with Crippen molar-refractivity contribution >= 4 is 45.5 Å². The minimum atomic E-state index is -0.446. The van der Waals surface area contributed by atoms with Crippen molar-refractivity contribution in [1.29, 1.82) is 0 Å². The monoisotopic (exact) mass is 403 g/mol. The van der Waals surface area contributed by atoms with Gasteiger partial charge in [-0.3, -0.25) is 0 Å². The zero-order valence-corrected chi connectivity index (χ0v) is 15.8. The number of nitrogens with zero attached hydrogens (tertiary/aromatic N) is 1. The van der Waals surface area contributed by atoms with Crippen LogP contribution in [0.15, 0.2) is 57.1 Å². The number of ether oxygens (including phenoxy) is 1. The lowest BCUT2D eigenvalue weighted by Crippen LogP contribution is -2.02. The van der Waals surface area contributed by atoms with Gasteiger partial charge in [-0.05, 0) is 42.5 Å². The van der Waals surface area contributed by atoms with Crippen molar-refractivity contribution in [2.24, 2.45) is 0 Å². The van der Waals surface area contributed by atoms with E-state index in [0.29, 0.717) is 37.6 Å². The van der Waals surface area contributed by atoms with Gasteiger partial charge in [-0.25, -0.2) is 9.78 Å². The van der Waals surface area contributed by atoms with E-state index in [0.717, 1.165) is 10.9 Å². The molecular weight excluding hydrogens is 393 g/mol. The minimum Gasteiger partial charge on any atom is -0.496 e. The van der Waals surface area contributed by atoms with Gasteiger partial charge in [0.25, 0.3) is 0 Å². The van der Waals surface area contributed by atoms with Crippen molar-refractivity contribution < 1.29 is 9.15 Å². The maximum absolute atomic E-state index is 12.4. The van der Waals surface area contributed by atoms with Crippen LogP contribution in [0, 0.1) is 0 Å². The Labute approximate surface area is 162 Å². The van der Waals surface area contributed by atoms with E-state index in [9.17, 15) is 4.79 Å². The molecule has 0 aliphatic rings. The first-order valence-electron chi connectivity index (χ1n) is 7.58. The highest BCUT2D eigenvalue weighted by atomic mass is 35.5. The third-order valence-electron chi connectivity index (χ3n) is 3.87. The number of hydrogen-bond acceptors (Lipinski definition) is 5. The molecule has 0 atom stereocenters. The molecule has 0 N–H and O–H groups in total. The van der Waals surface area contributed by atoms with Crippen LogP contribution in [-0.4, -0.2) is 12.1 Å². The fraction of sp³-hybridized carbons (Fsp3) is 0.0526. The Morgan fingerprint density at radius 2 is 1.81 bits per heavy atom. The van der Waals surface area contributed by atoms with Crippen molar-refractivity contribution in [3.05, 3.63) is 68.3 Å². The molecule has 0 saturated heterocycles. The normalized spacial score (nSPS) is 11.0. The number of methoxy groups -OCH3 is 1. The first-order valence-corrected chi connectivity index (χ1v) is 9.22. The number of aromatic nitrogens is 1. The van der Waals surface area contributed by atoms with E-state index < -0.39 is 5.63 Å². The molecule has 26 heavy (non-hydrogen) atoms. The summed E-state index contributed by atoms with van der Waals surface area (Å²) in [5.41, 5.74) is 1.86. The average molecular weight is 404 g/mol. The summed E-state index contributed by atoms with van der Waals surface area (Å²) in [6.07, 6.45) is 0. The first-order chi connectivity index (χ1) is 12.5. The number of thiazole rings is 1. The van der Waals surface area contributed by atoms with Crippen LogP contribution in [0.4, 0.5) is 0 Å². The Balaban J connectivity index is 1.84. The predicted octanol–water partition coefficient (Wildman–Crippen LogP) is 5.90. The van der Waals surface area contributed by atoms with Crippen molar-refractivity contribution in [3.8, 4) is 27.6 Å². The van der Waals surface area contributed by atoms with Crippen LogP contribution in [0.3, 0.4) is 0 Å². The van der Waals surface area contributed by atoms with E-state index in [1.807, 2.05) is 5.38 Å². The quantitative estimate of drug-likeness (QED) is 0.399. The fourth-order valence-corrected chi connectivity index (χ4v) is 3.82. The second-order valence-electron chi connectivity index (χ2n) is 5.51. The summed E-state index contributed by atoms with van der Waals surface area (Å²) in [7, 11) is 1.59. The molecule has 2 heterocycles. The van der Waals surface area contributed by atoms with Crippen LogP contribution in [0.25, 0.3) is 32.8 Å². The predicted molar refractivity (Wildman–Crippen MR) is 106 cm³/mol. The topological polar surface area (TPSA) is 52.3 Å². The molecule has 7 heteroatoms. The molecule has 2 aromatic carbocycles. The smallest absolute Gasteiger partial charge is 0.346 e. The fourth-order valence-electron chi connectivity index (χ4n) is 2.64. The van der Waals surface area contributed by atoms with Crippen molar-refractivity contribution in [2.75, 3.05) is 7.11 Å². The summed E-state index contributed by atoms with van der Waals surface area (Å²) >= 11 is 13.5. The number of rotatable bonds is 3. The molecule has 0 radical (unpaired) electrons. The summed E-state index contributed by atoms with van der Waals surface area (Å²) in [4.78, 5) is 16.9. The van der Waals surface area contributed by atoms with Crippen LogP contribution >= 0.6 is 34.5 Å². The Bertz CT molecular complexity index is 1180. The molecule has 4 aromatic rings. The molecular formula is C19H11Cl2NO3S. The van der Waals surface area contributed by atoms with E-state index >= 15 is 0 Å². The van der Waals surface area contributed by atoms with Gasteiger partial charge in [-0.15, -0.1) is 11.3 Å². The Morgan fingerprint density at radius 3 is 2.62 bits per heavy atom. The van der Waals surface area contributed by atoms with Gasteiger partial charge in [0, 0.05) is 26.4 Å². The van der Waals surface area contributed by atoms with Crippen LogP contribution in [0.2, 0.25) is 10.0 Å². The average Bonchev–Trinajstić information content (AvgIpc) is 3.11. The summed E-state index contributed by atoms with van der Waals surface area (Å²) in [5, 5.41) is 4.29. The third-order valence-corrected chi connectivity index (χ3v) is 5.21. The van der Waals surface area contributed by atoms with E-state index in [1.54, 1.807) is 49.6 Å². The summed E-state index contributed by atoms with van der Waals surface area (Å²) in [6.45, 7) is 0. The largest absolute Gasteiger partial charge is 0.496 e. The van der Waals surface area contributed by atoms with Crippen molar-refractivity contribution in [1.82, 2.24) is 4.98 Å². The summed E-state index contributed by atoms with van der Waals surface area (Å²) in [6, 6.07) is 12.2. The Hall–Kier alpha value is -2.34. The molecule has 0 unspecified atom stereocenters. The molecule has 4 rings (SSSR count). The van der Waals surface area contributed by atoms with Gasteiger partial charge in [0.2, 0.25) is 0 Å². The number of fused-ring (bicyclic) bond motifs is 1. The van der Waals surface area contributed by atoms with Gasteiger partial charge >= 0.3 is 5.63 Å². The molecule has 4 nitrogen and oxygen atoms in total. The molecule has 0 fully saturated rings. The summed E-state index contributed by atoms with van der Waals surface area (Å²) < 4.78 is 10.8. The van der Waals surface area contributed by atoms with Crippen molar-refractivity contribution in [3.63, 3.8) is 0 Å². The number of hydrogen-bond donors (Lipinski definition) is 0. The Morgan fingerprint density at radius 1 is 1.04 bits per heavy atom.